The average molecular weight is 245 g/mol. The van der Waals surface area contributed by atoms with Crippen LogP contribution in [0.2, 0.25) is 0 Å². The van der Waals surface area contributed by atoms with Crippen molar-refractivity contribution in [3.63, 3.8) is 0 Å². The summed E-state index contributed by atoms with van der Waals surface area (Å²) in [6.45, 7) is 1.06. The first-order valence-electron chi connectivity index (χ1n) is 5.86. The Morgan fingerprint density at radius 1 is 1.56 bits per heavy atom. The lowest BCUT2D eigenvalue weighted by molar-refractivity contribution is -0.127. The van der Waals surface area contributed by atoms with Crippen molar-refractivity contribution >= 4 is 11.6 Å². The summed E-state index contributed by atoms with van der Waals surface area (Å²) in [4.78, 5) is 13.6. The van der Waals surface area contributed by atoms with Gasteiger partial charge in [0.1, 0.15) is 6.61 Å². The molecule has 1 aliphatic heterocycles. The number of hydrogen-bond acceptors (Lipinski definition) is 4. The third-order valence-electron chi connectivity index (χ3n) is 2.92. The maximum atomic E-state index is 12.0. The van der Waals surface area contributed by atoms with Crippen molar-refractivity contribution in [2.45, 2.75) is 12.5 Å². The lowest BCUT2D eigenvalue weighted by Gasteiger charge is -2.35. The number of rotatable bonds is 3. The Labute approximate surface area is 106 Å². The van der Waals surface area contributed by atoms with Gasteiger partial charge in [0.25, 0.3) is 5.91 Å². The molecule has 1 heterocycles. The number of anilines is 1. The fourth-order valence-corrected chi connectivity index (χ4v) is 2.11. The highest BCUT2D eigenvalue weighted by Gasteiger charge is 2.29. The zero-order chi connectivity index (χ0) is 13.0. The van der Waals surface area contributed by atoms with Crippen LogP contribution in [0.25, 0.3) is 0 Å². The predicted octanol–water partition coefficient (Wildman–Crippen LogP) is 0.639. The fraction of sp³-hybridized carbons (Fsp3) is 0.385. The van der Waals surface area contributed by atoms with E-state index in [1.165, 1.54) is 0 Å². The topological polar surface area (TPSA) is 79.3 Å². The van der Waals surface area contributed by atoms with E-state index in [0.717, 1.165) is 5.69 Å². The van der Waals surface area contributed by atoms with Gasteiger partial charge >= 0.3 is 0 Å². The van der Waals surface area contributed by atoms with Crippen LogP contribution in [0.4, 0.5) is 5.69 Å². The zero-order valence-corrected chi connectivity index (χ0v) is 10.0. The molecule has 1 aromatic carbocycles. The van der Waals surface area contributed by atoms with Gasteiger partial charge in [-0.15, -0.1) is 0 Å². The van der Waals surface area contributed by atoms with E-state index in [1.807, 2.05) is 6.07 Å². The normalized spacial score (nSPS) is 19.7. The number of carbonyl (C=O) groups excluding carboxylic acids is 1. The van der Waals surface area contributed by atoms with Crippen LogP contribution in [0, 0.1) is 11.3 Å². The molecule has 0 bridgehead atoms. The number of morpholine rings is 1. The third kappa shape index (κ3) is 2.50. The molecule has 1 amide bonds. The summed E-state index contributed by atoms with van der Waals surface area (Å²) < 4.78 is 5.24. The second-order valence-corrected chi connectivity index (χ2v) is 4.17. The summed E-state index contributed by atoms with van der Waals surface area (Å²) in [7, 11) is 0. The van der Waals surface area contributed by atoms with Crippen LogP contribution < -0.4 is 10.6 Å². The summed E-state index contributed by atoms with van der Waals surface area (Å²) in [5, 5.41) is 8.90. The molecule has 0 aromatic heterocycles. The standard InChI is InChI=1S/C13H15N3O2/c14-5-4-12-8-18-9-13(17)16(12)11-3-1-2-10(6-11)7-15/h1-3,6,12H,4-5,8-9,14H2. The van der Waals surface area contributed by atoms with Crippen LogP contribution in [-0.2, 0) is 9.53 Å². The highest BCUT2D eigenvalue weighted by molar-refractivity contribution is 5.95. The number of benzene rings is 1. The first-order chi connectivity index (χ1) is 8.76. The van der Waals surface area contributed by atoms with Gasteiger partial charge in [0.15, 0.2) is 0 Å². The molecule has 94 valence electrons. The van der Waals surface area contributed by atoms with Crippen LogP contribution in [0.5, 0.6) is 0 Å². The second kappa shape index (κ2) is 5.63. The Morgan fingerprint density at radius 2 is 2.39 bits per heavy atom. The fourth-order valence-electron chi connectivity index (χ4n) is 2.11. The molecule has 0 aliphatic carbocycles. The average Bonchev–Trinajstić information content (AvgIpc) is 2.39. The van der Waals surface area contributed by atoms with Crippen molar-refractivity contribution in [2.24, 2.45) is 5.73 Å². The van der Waals surface area contributed by atoms with Gasteiger partial charge in [0.2, 0.25) is 0 Å². The van der Waals surface area contributed by atoms with Crippen molar-refractivity contribution in [3.8, 4) is 6.07 Å². The first kappa shape index (κ1) is 12.6. The minimum absolute atomic E-state index is 0.0507. The largest absolute Gasteiger partial charge is 0.369 e. The molecular weight excluding hydrogens is 230 g/mol. The van der Waals surface area contributed by atoms with E-state index in [2.05, 4.69) is 6.07 Å². The molecule has 2 N–H and O–H groups in total. The number of nitrogens with two attached hydrogens (primary N) is 1. The Bertz CT molecular complexity index is 479. The van der Waals surface area contributed by atoms with Crippen LogP contribution >= 0.6 is 0 Å². The molecule has 1 atom stereocenters. The molecular formula is C13H15N3O2. The highest BCUT2D eigenvalue weighted by atomic mass is 16.5. The smallest absolute Gasteiger partial charge is 0.253 e. The van der Waals surface area contributed by atoms with E-state index in [1.54, 1.807) is 23.1 Å². The van der Waals surface area contributed by atoms with Crippen molar-refractivity contribution in [1.82, 2.24) is 0 Å². The van der Waals surface area contributed by atoms with Gasteiger partial charge in [-0.2, -0.15) is 5.26 Å². The summed E-state index contributed by atoms with van der Waals surface area (Å²) >= 11 is 0. The van der Waals surface area contributed by atoms with E-state index in [-0.39, 0.29) is 18.6 Å². The quantitative estimate of drug-likeness (QED) is 0.847. The Balaban J connectivity index is 2.31. The molecule has 1 aromatic rings. The van der Waals surface area contributed by atoms with Gasteiger partial charge in [-0.1, -0.05) is 6.07 Å². The number of nitrogens with zero attached hydrogens (tertiary/aromatic N) is 2. The molecule has 2 rings (SSSR count). The minimum Gasteiger partial charge on any atom is -0.369 e. The van der Waals surface area contributed by atoms with Crippen molar-refractivity contribution in [1.29, 1.82) is 5.26 Å². The third-order valence-corrected chi connectivity index (χ3v) is 2.92. The maximum absolute atomic E-state index is 12.0. The highest BCUT2D eigenvalue weighted by Crippen LogP contribution is 2.22. The summed E-state index contributed by atoms with van der Waals surface area (Å²) in [6.07, 6.45) is 0.683. The molecule has 1 aliphatic rings. The molecule has 1 unspecified atom stereocenters. The molecule has 1 saturated heterocycles. The zero-order valence-electron chi connectivity index (χ0n) is 10.0. The first-order valence-corrected chi connectivity index (χ1v) is 5.86. The molecule has 5 heteroatoms. The Hall–Kier alpha value is -1.90. The van der Waals surface area contributed by atoms with Gasteiger partial charge in [-0.3, -0.25) is 4.79 Å². The van der Waals surface area contributed by atoms with E-state index in [4.69, 9.17) is 15.7 Å². The second-order valence-electron chi connectivity index (χ2n) is 4.17. The molecule has 0 spiro atoms. The van der Waals surface area contributed by atoms with Crippen LogP contribution in [0.3, 0.4) is 0 Å². The summed E-state index contributed by atoms with van der Waals surface area (Å²) in [6, 6.07) is 9.05. The molecule has 0 saturated carbocycles. The number of ether oxygens (including phenoxy) is 1. The molecule has 0 radical (unpaired) electrons. The summed E-state index contributed by atoms with van der Waals surface area (Å²) in [5.74, 6) is -0.0882. The van der Waals surface area contributed by atoms with E-state index >= 15 is 0 Å². The number of amides is 1. The molecule has 5 nitrogen and oxygen atoms in total. The van der Waals surface area contributed by atoms with Gasteiger partial charge in [0.05, 0.1) is 24.3 Å². The Kier molecular flexibility index (Phi) is 3.92. The van der Waals surface area contributed by atoms with Crippen LogP contribution in [0.1, 0.15) is 12.0 Å². The van der Waals surface area contributed by atoms with E-state index in [0.29, 0.717) is 25.1 Å². The van der Waals surface area contributed by atoms with Crippen molar-refractivity contribution < 1.29 is 9.53 Å². The molecule has 1 fully saturated rings. The number of nitriles is 1. The lowest BCUT2D eigenvalue weighted by Crippen LogP contribution is -2.50. The van der Waals surface area contributed by atoms with Gasteiger partial charge in [0, 0.05) is 5.69 Å². The van der Waals surface area contributed by atoms with Gasteiger partial charge < -0.3 is 15.4 Å². The van der Waals surface area contributed by atoms with Crippen molar-refractivity contribution in [3.05, 3.63) is 29.8 Å². The van der Waals surface area contributed by atoms with E-state index < -0.39 is 0 Å². The van der Waals surface area contributed by atoms with Gasteiger partial charge in [-0.25, -0.2) is 0 Å². The van der Waals surface area contributed by atoms with Crippen LogP contribution in [0.15, 0.2) is 24.3 Å². The predicted molar refractivity (Wildman–Crippen MR) is 66.9 cm³/mol. The summed E-state index contributed by atoms with van der Waals surface area (Å²) in [5.41, 5.74) is 6.83. The van der Waals surface area contributed by atoms with Crippen LogP contribution in [-0.4, -0.2) is 31.7 Å². The molecule has 18 heavy (non-hydrogen) atoms. The lowest BCUT2D eigenvalue weighted by atomic mass is 10.1. The monoisotopic (exact) mass is 245 g/mol. The number of hydrogen-bond donors (Lipinski definition) is 1. The maximum Gasteiger partial charge on any atom is 0.253 e. The SMILES string of the molecule is N#Cc1cccc(N2C(=O)COCC2CCN)c1. The minimum atomic E-state index is -0.0882. The Morgan fingerprint density at radius 3 is 3.11 bits per heavy atom. The van der Waals surface area contributed by atoms with Crippen molar-refractivity contribution in [2.75, 3.05) is 24.7 Å². The van der Waals surface area contributed by atoms with E-state index in [9.17, 15) is 4.79 Å². The number of carbonyl (C=O) groups is 1. The van der Waals surface area contributed by atoms with Gasteiger partial charge in [-0.05, 0) is 31.2 Å².